The highest BCUT2D eigenvalue weighted by Crippen LogP contribution is 2.20. The number of benzene rings is 1. The molecule has 0 aliphatic rings. The Morgan fingerprint density at radius 2 is 1.93 bits per heavy atom. The zero-order valence-corrected chi connectivity index (χ0v) is 17.5. The van der Waals surface area contributed by atoms with Gasteiger partial charge in [-0.3, -0.25) is 4.40 Å². The molecule has 2 N–H and O–H groups in total. The number of guanidine groups is 1. The van der Waals surface area contributed by atoms with Crippen LogP contribution in [0, 0.1) is 0 Å². The summed E-state index contributed by atoms with van der Waals surface area (Å²) in [5.74, 6) is 2.41. The lowest BCUT2D eigenvalue weighted by atomic mass is 10.1. The zero-order valence-electron chi connectivity index (χ0n) is 17.5. The summed E-state index contributed by atoms with van der Waals surface area (Å²) in [7, 11) is 5.82. The van der Waals surface area contributed by atoms with Crippen molar-refractivity contribution in [3.05, 3.63) is 60.0 Å². The van der Waals surface area contributed by atoms with Gasteiger partial charge in [0.15, 0.2) is 17.4 Å². The van der Waals surface area contributed by atoms with Crippen molar-refractivity contribution >= 4 is 11.6 Å². The van der Waals surface area contributed by atoms with Crippen molar-refractivity contribution < 1.29 is 4.74 Å². The van der Waals surface area contributed by atoms with Crippen molar-refractivity contribution in [2.75, 3.05) is 34.3 Å². The maximum atomic E-state index is 5.27. The normalized spacial score (nSPS) is 12.9. The highest BCUT2D eigenvalue weighted by Gasteiger charge is 2.15. The van der Waals surface area contributed by atoms with Crippen LogP contribution in [0.2, 0.25) is 0 Å². The Bertz CT molecular complexity index is 934. The average molecular weight is 396 g/mol. The third-order valence-corrected chi connectivity index (χ3v) is 4.69. The molecule has 8 heteroatoms. The van der Waals surface area contributed by atoms with Crippen LogP contribution in [0.15, 0.2) is 53.7 Å². The summed E-state index contributed by atoms with van der Waals surface area (Å²) >= 11 is 0. The maximum absolute atomic E-state index is 5.27. The first-order valence-corrected chi connectivity index (χ1v) is 9.73. The Morgan fingerprint density at radius 3 is 2.62 bits per heavy atom. The fourth-order valence-electron chi connectivity index (χ4n) is 3.11. The van der Waals surface area contributed by atoms with E-state index in [1.54, 1.807) is 7.11 Å². The molecule has 0 saturated heterocycles. The second kappa shape index (κ2) is 9.88. The number of nitrogens with one attached hydrogen (secondary N) is 2. The minimum absolute atomic E-state index is 0.193. The van der Waals surface area contributed by atoms with Crippen molar-refractivity contribution in [2.24, 2.45) is 4.99 Å². The molecule has 1 unspecified atom stereocenters. The van der Waals surface area contributed by atoms with Gasteiger partial charge in [-0.15, -0.1) is 10.2 Å². The number of fused-ring (bicyclic) bond motifs is 1. The third kappa shape index (κ3) is 5.23. The summed E-state index contributed by atoms with van der Waals surface area (Å²) in [5, 5.41) is 15.2. The summed E-state index contributed by atoms with van der Waals surface area (Å²) in [6, 6.07) is 14.2. The Labute approximate surface area is 171 Å². The Kier molecular flexibility index (Phi) is 7.02. The van der Waals surface area contributed by atoms with Crippen molar-refractivity contribution in [3.63, 3.8) is 0 Å². The number of ether oxygens (including phenoxy) is 1. The molecule has 0 amide bonds. The molecule has 1 atom stereocenters. The third-order valence-electron chi connectivity index (χ3n) is 4.69. The van der Waals surface area contributed by atoms with Gasteiger partial charge in [0.1, 0.15) is 12.3 Å². The van der Waals surface area contributed by atoms with Crippen LogP contribution >= 0.6 is 0 Å². The second-order valence-electron chi connectivity index (χ2n) is 6.87. The summed E-state index contributed by atoms with van der Waals surface area (Å²) in [6.45, 7) is 3.99. The molecule has 0 fully saturated rings. The summed E-state index contributed by atoms with van der Waals surface area (Å²) in [4.78, 5) is 6.88. The maximum Gasteiger partial charge on any atom is 0.191 e. The molecule has 29 heavy (non-hydrogen) atoms. The predicted molar refractivity (Wildman–Crippen MR) is 115 cm³/mol. The van der Waals surface area contributed by atoms with Gasteiger partial charge in [-0.2, -0.15) is 0 Å². The molecule has 1 aromatic carbocycles. The van der Waals surface area contributed by atoms with Gasteiger partial charge in [0.05, 0.1) is 13.2 Å². The predicted octanol–water partition coefficient (Wildman–Crippen LogP) is 2.10. The Hall–Kier alpha value is -3.13. The molecule has 0 bridgehead atoms. The van der Waals surface area contributed by atoms with Gasteiger partial charge in [-0.05, 0) is 50.8 Å². The monoisotopic (exact) mass is 395 g/mol. The number of aromatic nitrogens is 3. The van der Waals surface area contributed by atoms with E-state index in [1.165, 1.54) is 5.56 Å². The summed E-state index contributed by atoms with van der Waals surface area (Å²) < 4.78 is 7.22. The lowest BCUT2D eigenvalue weighted by molar-refractivity contribution is 0.298. The molecule has 3 rings (SSSR count). The minimum atomic E-state index is 0.193. The van der Waals surface area contributed by atoms with E-state index >= 15 is 0 Å². The van der Waals surface area contributed by atoms with E-state index in [1.807, 2.05) is 40.9 Å². The molecule has 0 radical (unpaired) electrons. The quantitative estimate of drug-likeness (QED) is 0.449. The number of methoxy groups -OCH3 is 1. The molecule has 8 nitrogen and oxygen atoms in total. The van der Waals surface area contributed by atoms with Gasteiger partial charge in [0.25, 0.3) is 0 Å². The van der Waals surface area contributed by atoms with Gasteiger partial charge < -0.3 is 20.3 Å². The standard InChI is InChI=1S/C21H29N7O/c1-5-22-21(24-15-20-26-25-19-8-6-7-13-28(19)20)23-14-18(27(2)3)16-9-11-17(29-4)12-10-16/h6-13,18H,5,14-15H2,1-4H3,(H2,22,23,24). The molecule has 0 aliphatic heterocycles. The van der Waals surface area contributed by atoms with E-state index in [2.05, 4.69) is 58.9 Å². The summed E-state index contributed by atoms with van der Waals surface area (Å²) in [6.07, 6.45) is 1.95. The van der Waals surface area contributed by atoms with Crippen LogP contribution in [-0.2, 0) is 6.54 Å². The second-order valence-corrected chi connectivity index (χ2v) is 6.87. The van der Waals surface area contributed by atoms with E-state index in [0.29, 0.717) is 13.1 Å². The van der Waals surface area contributed by atoms with Crippen LogP contribution in [0.3, 0.4) is 0 Å². The molecule has 154 valence electrons. The molecule has 2 aromatic heterocycles. The SMILES string of the molecule is CCNC(=NCc1nnc2ccccn12)NCC(c1ccc(OC)cc1)N(C)C. The number of nitrogens with zero attached hydrogens (tertiary/aromatic N) is 5. The van der Waals surface area contributed by atoms with Gasteiger partial charge in [0.2, 0.25) is 0 Å². The molecular weight excluding hydrogens is 366 g/mol. The van der Waals surface area contributed by atoms with Crippen LogP contribution in [0.4, 0.5) is 0 Å². The molecule has 0 saturated carbocycles. The molecular formula is C21H29N7O. The first kappa shape index (κ1) is 20.6. The fourth-order valence-corrected chi connectivity index (χ4v) is 3.11. The number of pyridine rings is 1. The van der Waals surface area contributed by atoms with Crippen LogP contribution in [0.5, 0.6) is 5.75 Å². The first-order valence-electron chi connectivity index (χ1n) is 9.73. The first-order chi connectivity index (χ1) is 14.1. The number of hydrogen-bond acceptors (Lipinski definition) is 5. The number of likely N-dealkylation sites (N-methyl/N-ethyl adjacent to an activating group) is 1. The van der Waals surface area contributed by atoms with E-state index in [4.69, 9.17) is 9.73 Å². The van der Waals surface area contributed by atoms with Crippen LogP contribution in [0.1, 0.15) is 24.4 Å². The zero-order chi connectivity index (χ0) is 20.6. The molecule has 0 aliphatic carbocycles. The lowest BCUT2D eigenvalue weighted by Gasteiger charge is -2.26. The van der Waals surface area contributed by atoms with Crippen molar-refractivity contribution in [1.29, 1.82) is 0 Å². The van der Waals surface area contributed by atoms with Crippen molar-refractivity contribution in [1.82, 2.24) is 30.1 Å². The lowest BCUT2D eigenvalue weighted by Crippen LogP contribution is -2.41. The van der Waals surface area contributed by atoms with Gasteiger partial charge in [-0.25, -0.2) is 4.99 Å². The average Bonchev–Trinajstić information content (AvgIpc) is 3.15. The van der Waals surface area contributed by atoms with Crippen LogP contribution in [-0.4, -0.2) is 59.8 Å². The highest BCUT2D eigenvalue weighted by molar-refractivity contribution is 5.79. The van der Waals surface area contributed by atoms with Crippen LogP contribution < -0.4 is 15.4 Å². The topological polar surface area (TPSA) is 79.1 Å². The van der Waals surface area contributed by atoms with Crippen molar-refractivity contribution in [2.45, 2.75) is 19.5 Å². The Balaban J connectivity index is 1.70. The number of aliphatic imine (C=N–C) groups is 1. The van der Waals surface area contributed by atoms with Crippen molar-refractivity contribution in [3.8, 4) is 5.75 Å². The van der Waals surface area contributed by atoms with Gasteiger partial charge >= 0.3 is 0 Å². The van der Waals surface area contributed by atoms with Gasteiger partial charge in [0, 0.05) is 19.3 Å². The highest BCUT2D eigenvalue weighted by atomic mass is 16.5. The minimum Gasteiger partial charge on any atom is -0.497 e. The molecule has 3 aromatic rings. The van der Waals surface area contributed by atoms with Gasteiger partial charge in [-0.1, -0.05) is 18.2 Å². The van der Waals surface area contributed by atoms with Crippen LogP contribution in [0.25, 0.3) is 5.65 Å². The summed E-state index contributed by atoms with van der Waals surface area (Å²) in [5.41, 5.74) is 2.03. The Morgan fingerprint density at radius 1 is 1.14 bits per heavy atom. The smallest absolute Gasteiger partial charge is 0.191 e. The van der Waals surface area contributed by atoms with E-state index in [0.717, 1.165) is 29.7 Å². The number of hydrogen-bond donors (Lipinski definition) is 2. The molecule has 0 spiro atoms. The largest absolute Gasteiger partial charge is 0.497 e. The number of rotatable bonds is 8. The van der Waals surface area contributed by atoms with E-state index in [-0.39, 0.29) is 6.04 Å². The molecule has 2 heterocycles. The fraction of sp³-hybridized carbons (Fsp3) is 0.381. The van der Waals surface area contributed by atoms with E-state index < -0.39 is 0 Å². The van der Waals surface area contributed by atoms with E-state index in [9.17, 15) is 0 Å².